The molecule has 8 heteroatoms. The van der Waals surface area contributed by atoms with Crippen LogP contribution in [0.4, 0.5) is 5.82 Å². The highest BCUT2D eigenvalue weighted by Gasteiger charge is 2.17. The summed E-state index contributed by atoms with van der Waals surface area (Å²) >= 11 is 4.30. The summed E-state index contributed by atoms with van der Waals surface area (Å²) < 4.78 is 3.28. The summed E-state index contributed by atoms with van der Waals surface area (Å²) in [7, 11) is 1.93. The van der Waals surface area contributed by atoms with Crippen molar-refractivity contribution in [2.45, 2.75) is 6.92 Å². The number of fused-ring (bicyclic) bond motifs is 2. The number of hydrogen-bond donors (Lipinski definition) is 2. The van der Waals surface area contributed by atoms with Crippen molar-refractivity contribution in [2.75, 3.05) is 5.73 Å². The molecule has 0 aliphatic rings. The largest absolute Gasteiger partial charge is 0.383 e. The van der Waals surface area contributed by atoms with E-state index in [1.165, 1.54) is 10.4 Å². The minimum absolute atomic E-state index is 0.387. The first-order chi connectivity index (χ1) is 10.6. The second-order valence-corrected chi connectivity index (χ2v) is 5.52. The molecular formula is C14H13N7S. The van der Waals surface area contributed by atoms with Gasteiger partial charge in [0, 0.05) is 23.7 Å². The number of benzene rings is 1. The zero-order valence-electron chi connectivity index (χ0n) is 12.0. The topological polar surface area (TPSA) is 87.4 Å². The van der Waals surface area contributed by atoms with Gasteiger partial charge in [-0.15, -0.1) is 0 Å². The fraction of sp³-hybridized carbons (Fsp3) is 0.143. The fourth-order valence-corrected chi connectivity index (χ4v) is 2.88. The van der Waals surface area contributed by atoms with Gasteiger partial charge in [-0.25, -0.2) is 9.97 Å². The van der Waals surface area contributed by atoms with Gasteiger partial charge in [-0.3, -0.25) is 4.68 Å². The molecule has 22 heavy (non-hydrogen) atoms. The van der Waals surface area contributed by atoms with Gasteiger partial charge in [-0.1, -0.05) is 12.1 Å². The molecule has 7 nitrogen and oxygen atoms in total. The Balaban J connectivity index is 2.03. The molecule has 0 saturated heterocycles. The third kappa shape index (κ3) is 1.70. The SMILES string of the molecule is Cc1c2ccc(-c3nn(S)c4ncnc(N)c34)cc2nn1C. The molecule has 0 fully saturated rings. The number of anilines is 1. The van der Waals surface area contributed by atoms with Crippen LogP contribution in [0, 0.1) is 6.92 Å². The van der Waals surface area contributed by atoms with E-state index in [2.05, 4.69) is 33.0 Å². The molecule has 0 amide bonds. The van der Waals surface area contributed by atoms with Crippen LogP contribution < -0.4 is 5.73 Å². The van der Waals surface area contributed by atoms with Gasteiger partial charge in [0.15, 0.2) is 5.65 Å². The number of hydrogen-bond acceptors (Lipinski definition) is 6. The van der Waals surface area contributed by atoms with Gasteiger partial charge in [-0.05, 0) is 25.8 Å². The summed E-state index contributed by atoms with van der Waals surface area (Å²) in [5.74, 6) is 0.387. The van der Waals surface area contributed by atoms with Gasteiger partial charge in [0.05, 0.1) is 10.9 Å². The monoisotopic (exact) mass is 311 g/mol. The van der Waals surface area contributed by atoms with Crippen molar-refractivity contribution in [3.05, 3.63) is 30.2 Å². The lowest BCUT2D eigenvalue weighted by molar-refractivity contribution is 0.751. The molecule has 1 aromatic carbocycles. The van der Waals surface area contributed by atoms with Crippen molar-refractivity contribution in [2.24, 2.45) is 7.05 Å². The number of nitrogens with two attached hydrogens (primary N) is 1. The van der Waals surface area contributed by atoms with E-state index in [1.807, 2.05) is 36.9 Å². The zero-order valence-corrected chi connectivity index (χ0v) is 12.9. The van der Waals surface area contributed by atoms with Crippen LogP contribution in [0.2, 0.25) is 0 Å². The lowest BCUT2D eigenvalue weighted by Gasteiger charge is -1.99. The molecule has 110 valence electrons. The van der Waals surface area contributed by atoms with Crippen molar-refractivity contribution < 1.29 is 0 Å². The molecule has 3 heterocycles. The number of aromatic nitrogens is 6. The number of rotatable bonds is 1. The standard InChI is InChI=1S/C14H13N7S/c1-7-9-4-3-8(5-10(9)18-20(7)2)12-11-13(15)16-6-17-14(11)21(22)19-12/h3-6,22H,1-2H3,(H2,15,16,17). The van der Waals surface area contributed by atoms with Crippen LogP contribution >= 0.6 is 12.8 Å². The lowest BCUT2D eigenvalue weighted by Crippen LogP contribution is -1.93. The molecule has 0 aliphatic carbocycles. The Morgan fingerprint density at radius 1 is 1.18 bits per heavy atom. The van der Waals surface area contributed by atoms with Crippen LogP contribution in [0.25, 0.3) is 33.2 Å². The number of nitrogen functional groups attached to an aromatic ring is 1. The van der Waals surface area contributed by atoms with Crippen LogP contribution in [0.3, 0.4) is 0 Å². The first-order valence-electron chi connectivity index (χ1n) is 6.68. The molecule has 0 aliphatic heterocycles. The molecule has 0 spiro atoms. The summed E-state index contributed by atoms with van der Waals surface area (Å²) in [5, 5.41) is 10.7. The van der Waals surface area contributed by atoms with Crippen molar-refractivity contribution in [3.8, 4) is 11.3 Å². The Bertz CT molecular complexity index is 1030. The second-order valence-electron chi connectivity index (χ2n) is 5.14. The third-order valence-electron chi connectivity index (χ3n) is 3.88. The average Bonchev–Trinajstić information content (AvgIpc) is 2.98. The predicted octanol–water partition coefficient (Wildman–Crippen LogP) is 1.96. The van der Waals surface area contributed by atoms with Crippen molar-refractivity contribution in [1.29, 1.82) is 0 Å². The Kier molecular flexibility index (Phi) is 2.64. The molecular weight excluding hydrogens is 298 g/mol. The van der Waals surface area contributed by atoms with Gasteiger partial charge in [0.2, 0.25) is 0 Å². The first-order valence-corrected chi connectivity index (χ1v) is 7.08. The third-order valence-corrected chi connectivity index (χ3v) is 4.16. The number of thiol groups is 1. The van der Waals surface area contributed by atoms with E-state index in [-0.39, 0.29) is 0 Å². The zero-order chi connectivity index (χ0) is 15.4. The Morgan fingerprint density at radius 2 is 2.00 bits per heavy atom. The van der Waals surface area contributed by atoms with Crippen molar-refractivity contribution in [1.82, 2.24) is 28.9 Å². The maximum Gasteiger partial charge on any atom is 0.175 e. The highest BCUT2D eigenvalue weighted by molar-refractivity contribution is 7.78. The van der Waals surface area contributed by atoms with E-state index in [0.717, 1.165) is 22.2 Å². The van der Waals surface area contributed by atoms with Gasteiger partial charge in [-0.2, -0.15) is 14.3 Å². The second kappa shape index (κ2) is 4.44. The van der Waals surface area contributed by atoms with Crippen LogP contribution in [0.5, 0.6) is 0 Å². The van der Waals surface area contributed by atoms with Crippen LogP contribution in [-0.4, -0.2) is 28.9 Å². The summed E-state index contributed by atoms with van der Waals surface area (Å²) in [6, 6.07) is 6.03. The summed E-state index contributed by atoms with van der Waals surface area (Å²) in [6.45, 7) is 2.04. The summed E-state index contributed by atoms with van der Waals surface area (Å²) in [4.78, 5) is 8.23. The highest BCUT2D eigenvalue weighted by Crippen LogP contribution is 2.32. The predicted molar refractivity (Wildman–Crippen MR) is 88.6 cm³/mol. The molecule has 0 saturated carbocycles. The molecule has 0 unspecified atom stereocenters. The van der Waals surface area contributed by atoms with E-state index in [4.69, 9.17) is 5.73 Å². The smallest absolute Gasteiger partial charge is 0.175 e. The molecule has 4 rings (SSSR count). The van der Waals surface area contributed by atoms with E-state index in [9.17, 15) is 0 Å². The van der Waals surface area contributed by atoms with Crippen LogP contribution in [0.1, 0.15) is 5.69 Å². The van der Waals surface area contributed by atoms with Crippen LogP contribution in [0.15, 0.2) is 24.5 Å². The molecule has 0 bridgehead atoms. The average molecular weight is 311 g/mol. The van der Waals surface area contributed by atoms with Crippen molar-refractivity contribution in [3.63, 3.8) is 0 Å². The van der Waals surface area contributed by atoms with E-state index < -0.39 is 0 Å². The molecule has 2 N–H and O–H groups in total. The summed E-state index contributed by atoms with van der Waals surface area (Å²) in [6.07, 6.45) is 1.40. The minimum Gasteiger partial charge on any atom is -0.383 e. The van der Waals surface area contributed by atoms with E-state index in [1.54, 1.807) is 0 Å². The Hall–Kier alpha value is -2.61. The van der Waals surface area contributed by atoms with Crippen molar-refractivity contribution >= 4 is 40.6 Å². The maximum atomic E-state index is 5.99. The van der Waals surface area contributed by atoms with E-state index in [0.29, 0.717) is 22.5 Å². The molecule has 0 atom stereocenters. The first kappa shape index (κ1) is 13.1. The maximum absolute atomic E-state index is 5.99. The quantitative estimate of drug-likeness (QED) is 0.525. The Morgan fingerprint density at radius 3 is 2.82 bits per heavy atom. The summed E-state index contributed by atoms with van der Waals surface area (Å²) in [5.41, 5.74) is 10.2. The van der Waals surface area contributed by atoms with E-state index >= 15 is 0 Å². The molecule has 3 aromatic heterocycles. The lowest BCUT2D eigenvalue weighted by atomic mass is 10.1. The van der Waals surface area contributed by atoms with Crippen LogP contribution in [-0.2, 0) is 7.05 Å². The Labute approximate surface area is 131 Å². The number of nitrogens with zero attached hydrogens (tertiary/aromatic N) is 6. The van der Waals surface area contributed by atoms with Gasteiger partial charge in [0.1, 0.15) is 17.8 Å². The fourth-order valence-electron chi connectivity index (χ4n) is 2.64. The molecule has 4 aromatic rings. The van der Waals surface area contributed by atoms with Gasteiger partial charge in [0.25, 0.3) is 0 Å². The normalized spacial score (nSPS) is 11.6. The van der Waals surface area contributed by atoms with Gasteiger partial charge < -0.3 is 5.73 Å². The van der Waals surface area contributed by atoms with Gasteiger partial charge >= 0.3 is 0 Å². The highest BCUT2D eigenvalue weighted by atomic mass is 32.1. The minimum atomic E-state index is 0.387. The number of aryl methyl sites for hydroxylation is 2. The molecule has 0 radical (unpaired) electrons.